The van der Waals surface area contributed by atoms with Gasteiger partial charge in [-0.3, -0.25) is 9.59 Å². The zero-order valence-electron chi connectivity index (χ0n) is 17.5. The molecule has 0 bridgehead atoms. The number of amides is 2. The number of para-hydroxylation sites is 1. The van der Waals surface area contributed by atoms with Crippen LogP contribution in [0.1, 0.15) is 23.5 Å². The molecule has 1 fully saturated rings. The lowest BCUT2D eigenvalue weighted by atomic mass is 10.0. The summed E-state index contributed by atoms with van der Waals surface area (Å²) >= 11 is 1.37. The molecule has 2 amide bonds. The molecule has 1 aliphatic rings. The quantitative estimate of drug-likeness (QED) is 0.630. The number of benzene rings is 1. The summed E-state index contributed by atoms with van der Waals surface area (Å²) in [5.41, 5.74) is 0.886. The first kappa shape index (κ1) is 21.0. The van der Waals surface area contributed by atoms with Gasteiger partial charge in [-0.2, -0.15) is 4.68 Å². The molecule has 1 N–H and O–H groups in total. The predicted molar refractivity (Wildman–Crippen MR) is 118 cm³/mol. The summed E-state index contributed by atoms with van der Waals surface area (Å²) in [4.78, 5) is 30.2. The number of hydrogen-bond donors (Lipinski definition) is 1. The van der Waals surface area contributed by atoms with E-state index in [1.54, 1.807) is 10.7 Å². The van der Waals surface area contributed by atoms with E-state index in [0.29, 0.717) is 37.0 Å². The molecule has 0 spiro atoms. The Kier molecular flexibility index (Phi) is 6.26. The van der Waals surface area contributed by atoms with Gasteiger partial charge < -0.3 is 15.1 Å². The Balaban J connectivity index is 1.40. The van der Waals surface area contributed by atoms with Gasteiger partial charge in [0.1, 0.15) is 6.04 Å². The Morgan fingerprint density at radius 3 is 2.42 bits per heavy atom. The van der Waals surface area contributed by atoms with Crippen LogP contribution in [-0.2, 0) is 4.79 Å². The van der Waals surface area contributed by atoms with E-state index in [1.165, 1.54) is 11.3 Å². The molecule has 3 heterocycles. The van der Waals surface area contributed by atoms with Gasteiger partial charge in [0.05, 0.1) is 10.6 Å². The number of thiophene rings is 1. The molecular weight excluding hydrogens is 414 g/mol. The van der Waals surface area contributed by atoms with Crippen molar-refractivity contribution in [2.24, 2.45) is 5.92 Å². The highest BCUT2D eigenvalue weighted by Gasteiger charge is 2.32. The van der Waals surface area contributed by atoms with Crippen LogP contribution in [0.4, 0.5) is 5.95 Å². The lowest BCUT2D eigenvalue weighted by Gasteiger charge is -2.37. The number of anilines is 1. The van der Waals surface area contributed by atoms with Crippen molar-refractivity contribution >= 4 is 29.1 Å². The van der Waals surface area contributed by atoms with Gasteiger partial charge >= 0.3 is 0 Å². The van der Waals surface area contributed by atoms with Crippen LogP contribution in [0.5, 0.6) is 0 Å². The summed E-state index contributed by atoms with van der Waals surface area (Å²) in [7, 11) is 0. The predicted octanol–water partition coefficient (Wildman–Crippen LogP) is 1.83. The minimum absolute atomic E-state index is 0.0141. The van der Waals surface area contributed by atoms with E-state index < -0.39 is 6.04 Å². The summed E-state index contributed by atoms with van der Waals surface area (Å²) in [6, 6.07) is 12.7. The first-order valence-corrected chi connectivity index (χ1v) is 11.1. The van der Waals surface area contributed by atoms with E-state index in [-0.39, 0.29) is 17.7 Å². The number of rotatable bonds is 6. The van der Waals surface area contributed by atoms with Crippen LogP contribution in [0.25, 0.3) is 5.69 Å². The lowest BCUT2D eigenvalue weighted by Crippen LogP contribution is -2.56. The Hall–Kier alpha value is -3.27. The fraction of sp³-hybridized carbons (Fsp3) is 0.381. The van der Waals surface area contributed by atoms with Crippen LogP contribution >= 0.6 is 11.3 Å². The number of piperazine rings is 1. The molecule has 162 valence electrons. The monoisotopic (exact) mass is 439 g/mol. The normalized spacial score (nSPS) is 15.2. The van der Waals surface area contributed by atoms with E-state index in [4.69, 9.17) is 0 Å². The van der Waals surface area contributed by atoms with Crippen molar-refractivity contribution in [2.75, 3.05) is 31.1 Å². The molecule has 2 aromatic heterocycles. The molecule has 3 aromatic rings. The van der Waals surface area contributed by atoms with Crippen molar-refractivity contribution in [1.29, 1.82) is 0 Å². The number of tetrazole rings is 1. The van der Waals surface area contributed by atoms with E-state index in [9.17, 15) is 9.59 Å². The van der Waals surface area contributed by atoms with Gasteiger partial charge in [-0.15, -0.1) is 11.3 Å². The molecule has 9 nitrogen and oxygen atoms in total. The van der Waals surface area contributed by atoms with Crippen LogP contribution in [0.2, 0.25) is 0 Å². The molecule has 1 aliphatic heterocycles. The second kappa shape index (κ2) is 9.25. The Morgan fingerprint density at radius 1 is 1.03 bits per heavy atom. The highest BCUT2D eigenvalue weighted by atomic mass is 32.1. The van der Waals surface area contributed by atoms with Gasteiger partial charge in [-0.25, -0.2) is 0 Å². The highest BCUT2D eigenvalue weighted by molar-refractivity contribution is 7.12. The lowest BCUT2D eigenvalue weighted by molar-refractivity contribution is -0.134. The van der Waals surface area contributed by atoms with E-state index in [1.807, 2.05) is 60.5 Å². The number of nitrogens with zero attached hydrogens (tertiary/aromatic N) is 6. The fourth-order valence-electron chi connectivity index (χ4n) is 3.57. The van der Waals surface area contributed by atoms with Gasteiger partial charge in [-0.05, 0) is 39.9 Å². The summed E-state index contributed by atoms with van der Waals surface area (Å²) < 4.78 is 1.70. The van der Waals surface area contributed by atoms with Crippen LogP contribution in [0.15, 0.2) is 47.8 Å². The van der Waals surface area contributed by atoms with Crippen molar-refractivity contribution in [3.05, 3.63) is 52.7 Å². The number of nitrogens with one attached hydrogen (secondary N) is 1. The Bertz CT molecular complexity index is 1010. The van der Waals surface area contributed by atoms with Crippen LogP contribution in [-0.4, -0.2) is 69.1 Å². The summed E-state index contributed by atoms with van der Waals surface area (Å²) in [5, 5.41) is 16.9. The first-order chi connectivity index (χ1) is 15.0. The molecule has 10 heteroatoms. The summed E-state index contributed by atoms with van der Waals surface area (Å²) in [6.45, 7) is 6.20. The third-order valence-electron chi connectivity index (χ3n) is 5.29. The van der Waals surface area contributed by atoms with Gasteiger partial charge in [-0.1, -0.05) is 43.2 Å². The van der Waals surface area contributed by atoms with Crippen molar-refractivity contribution in [3.8, 4) is 5.69 Å². The average Bonchev–Trinajstić information content (AvgIpc) is 3.50. The van der Waals surface area contributed by atoms with Crippen molar-refractivity contribution in [3.63, 3.8) is 0 Å². The van der Waals surface area contributed by atoms with Crippen LogP contribution in [0.3, 0.4) is 0 Å². The third kappa shape index (κ3) is 4.58. The second-order valence-corrected chi connectivity index (χ2v) is 8.66. The zero-order chi connectivity index (χ0) is 21.8. The second-order valence-electron chi connectivity index (χ2n) is 7.71. The molecule has 31 heavy (non-hydrogen) atoms. The summed E-state index contributed by atoms with van der Waals surface area (Å²) in [5.74, 6) is 0.384. The van der Waals surface area contributed by atoms with Crippen LogP contribution in [0, 0.1) is 5.92 Å². The standard InChI is InChI=1S/C21H25N7O2S/c1-15(2)18(22-19(29)17-9-6-14-31-17)20(30)26-10-12-27(13-11-26)21-23-24-25-28(21)16-7-4-3-5-8-16/h3-9,14-15,18H,10-13H2,1-2H3,(H,22,29). The largest absolute Gasteiger partial charge is 0.339 e. The maximum atomic E-state index is 13.2. The van der Waals surface area contributed by atoms with Crippen molar-refractivity contribution in [2.45, 2.75) is 19.9 Å². The van der Waals surface area contributed by atoms with Gasteiger partial charge in [0.2, 0.25) is 11.9 Å². The number of carbonyl (C=O) groups excluding carboxylic acids is 2. The fourth-order valence-corrected chi connectivity index (χ4v) is 4.20. The third-order valence-corrected chi connectivity index (χ3v) is 6.16. The molecule has 1 unspecified atom stereocenters. The van der Waals surface area contributed by atoms with E-state index >= 15 is 0 Å². The average molecular weight is 440 g/mol. The van der Waals surface area contributed by atoms with Crippen LogP contribution < -0.4 is 10.2 Å². The van der Waals surface area contributed by atoms with Gasteiger partial charge in [0.25, 0.3) is 5.91 Å². The number of hydrogen-bond acceptors (Lipinski definition) is 7. The van der Waals surface area contributed by atoms with Gasteiger partial charge in [0, 0.05) is 26.2 Å². The summed E-state index contributed by atoms with van der Waals surface area (Å²) in [6.07, 6.45) is 0. The first-order valence-electron chi connectivity index (χ1n) is 10.3. The molecular formula is C21H25N7O2S. The topological polar surface area (TPSA) is 96.2 Å². The minimum atomic E-state index is -0.559. The smallest absolute Gasteiger partial charge is 0.262 e. The van der Waals surface area contributed by atoms with E-state index in [2.05, 4.69) is 25.7 Å². The number of aromatic nitrogens is 4. The maximum absolute atomic E-state index is 13.2. The molecule has 1 aromatic carbocycles. The molecule has 4 rings (SSSR count). The molecule has 1 saturated heterocycles. The molecule has 1 atom stereocenters. The molecule has 0 aliphatic carbocycles. The van der Waals surface area contributed by atoms with Crippen molar-refractivity contribution in [1.82, 2.24) is 30.4 Å². The number of carbonyl (C=O) groups is 2. The zero-order valence-corrected chi connectivity index (χ0v) is 18.3. The van der Waals surface area contributed by atoms with Crippen molar-refractivity contribution < 1.29 is 9.59 Å². The minimum Gasteiger partial charge on any atom is -0.339 e. The molecule has 0 radical (unpaired) electrons. The van der Waals surface area contributed by atoms with Gasteiger partial charge in [0.15, 0.2) is 0 Å². The molecule has 0 saturated carbocycles. The Morgan fingerprint density at radius 2 is 1.77 bits per heavy atom. The highest BCUT2D eigenvalue weighted by Crippen LogP contribution is 2.18. The SMILES string of the molecule is CC(C)C(NC(=O)c1cccs1)C(=O)N1CCN(c2nnnn2-c2ccccc2)CC1. The maximum Gasteiger partial charge on any atom is 0.262 e. The van der Waals surface area contributed by atoms with E-state index in [0.717, 1.165) is 5.69 Å². The Labute approximate surface area is 184 Å².